The van der Waals surface area contributed by atoms with Crippen molar-refractivity contribution in [2.75, 3.05) is 65.7 Å². The first kappa shape index (κ1) is 43.8. The molecule has 0 unspecified atom stereocenters. The molecule has 2 amide bonds. The summed E-state index contributed by atoms with van der Waals surface area (Å²) in [7, 11) is 9.13. The van der Waals surface area contributed by atoms with E-state index in [-0.39, 0.29) is 35.7 Å². The van der Waals surface area contributed by atoms with Crippen molar-refractivity contribution in [3.63, 3.8) is 0 Å². The Balaban J connectivity index is 0.000000221. The molecule has 14 heteroatoms. The first-order chi connectivity index (χ1) is 28.1. The van der Waals surface area contributed by atoms with E-state index in [0.29, 0.717) is 45.3 Å². The Morgan fingerprint density at radius 3 is 1.16 bits per heavy atom. The smallest absolute Gasteiger partial charge is 0.337 e. The van der Waals surface area contributed by atoms with Gasteiger partial charge in [-0.15, -0.1) is 0 Å². The van der Waals surface area contributed by atoms with Crippen molar-refractivity contribution in [2.45, 2.75) is 36.8 Å². The molecule has 4 atom stereocenters. The third-order valence-electron chi connectivity index (χ3n) is 10.2. The number of esters is 2. The monoisotopic (exact) mass is 830 g/mol. The van der Waals surface area contributed by atoms with Crippen molar-refractivity contribution in [1.29, 1.82) is 0 Å². The van der Waals surface area contributed by atoms with Gasteiger partial charge < -0.3 is 39.1 Å². The molecule has 2 N–H and O–H groups in total. The SMILES string of the molecule is COC(=O)c1ccc(C(=O)N[C@@H]2CCSC[C@@H]2c2ccc(OC)c(OC)c2)cc1.COC(=O)c1ccc(C(=O)N[C@@H]2CCSC[C@@H]2c2ccc(OC)c(OC)c2)cc1. The van der Waals surface area contributed by atoms with Crippen molar-refractivity contribution in [2.24, 2.45) is 0 Å². The van der Waals surface area contributed by atoms with Gasteiger partial charge in [0.25, 0.3) is 11.8 Å². The van der Waals surface area contributed by atoms with Crippen molar-refractivity contribution in [3.8, 4) is 23.0 Å². The Labute approximate surface area is 348 Å². The van der Waals surface area contributed by atoms with Gasteiger partial charge in [0.1, 0.15) is 0 Å². The van der Waals surface area contributed by atoms with E-state index in [1.807, 2.05) is 59.9 Å². The molecule has 308 valence electrons. The molecule has 2 heterocycles. The zero-order valence-electron chi connectivity index (χ0n) is 33.5. The van der Waals surface area contributed by atoms with Gasteiger partial charge in [-0.1, -0.05) is 12.1 Å². The number of rotatable bonds is 12. The van der Waals surface area contributed by atoms with Gasteiger partial charge in [0.05, 0.1) is 53.8 Å². The molecule has 0 aliphatic carbocycles. The number of thioether (sulfide) groups is 2. The molecule has 2 aliphatic heterocycles. The van der Waals surface area contributed by atoms with Crippen LogP contribution in [-0.2, 0) is 9.47 Å². The standard InChI is InChI=1S/2C22H25NO5S/c2*1-26-19-9-8-16(12-20(19)27-2)17-13-29-11-10-18(17)23-21(24)14-4-6-15(7-5-14)22(25)28-3/h2*4-9,12,17-18H,10-11,13H2,1-3H3,(H,23,24)/t2*17-,18-/m11/s1. The predicted molar refractivity (Wildman–Crippen MR) is 227 cm³/mol. The number of benzene rings is 4. The van der Waals surface area contributed by atoms with Gasteiger partial charge >= 0.3 is 11.9 Å². The van der Waals surface area contributed by atoms with Crippen LogP contribution in [0.5, 0.6) is 23.0 Å². The van der Waals surface area contributed by atoms with Gasteiger partial charge in [-0.3, -0.25) is 9.59 Å². The van der Waals surface area contributed by atoms with Gasteiger partial charge in [0, 0.05) is 46.6 Å². The first-order valence-corrected chi connectivity index (χ1v) is 21.0. The lowest BCUT2D eigenvalue weighted by molar-refractivity contribution is 0.0592. The van der Waals surface area contributed by atoms with Gasteiger partial charge in [-0.2, -0.15) is 23.5 Å². The third kappa shape index (κ3) is 11.0. The van der Waals surface area contributed by atoms with E-state index in [4.69, 9.17) is 28.4 Å². The third-order valence-corrected chi connectivity index (χ3v) is 12.4. The number of carbonyl (C=O) groups excluding carboxylic acids is 4. The summed E-state index contributed by atoms with van der Waals surface area (Å²) in [5.74, 6) is 5.77. The van der Waals surface area contributed by atoms with Crippen LogP contribution >= 0.6 is 23.5 Å². The predicted octanol–water partition coefficient (Wildman–Crippen LogP) is 7.02. The maximum absolute atomic E-state index is 12.8. The molecule has 58 heavy (non-hydrogen) atoms. The van der Waals surface area contributed by atoms with E-state index >= 15 is 0 Å². The normalized spacial score (nSPS) is 18.6. The maximum Gasteiger partial charge on any atom is 0.337 e. The largest absolute Gasteiger partial charge is 0.493 e. The summed E-state index contributed by atoms with van der Waals surface area (Å²) in [6, 6.07) is 24.8. The zero-order chi connectivity index (χ0) is 41.6. The number of carbonyl (C=O) groups is 4. The highest BCUT2D eigenvalue weighted by Gasteiger charge is 2.31. The Kier molecular flexibility index (Phi) is 16.2. The van der Waals surface area contributed by atoms with Gasteiger partial charge in [0.15, 0.2) is 23.0 Å². The molecule has 0 saturated carbocycles. The van der Waals surface area contributed by atoms with Crippen molar-refractivity contribution >= 4 is 47.3 Å². The lowest BCUT2D eigenvalue weighted by Crippen LogP contribution is -2.42. The second-order valence-corrected chi connectivity index (χ2v) is 15.8. The van der Waals surface area contributed by atoms with E-state index in [0.717, 1.165) is 47.0 Å². The summed E-state index contributed by atoms with van der Waals surface area (Å²) >= 11 is 3.76. The van der Waals surface area contributed by atoms with E-state index in [2.05, 4.69) is 10.6 Å². The molecule has 6 rings (SSSR count). The molecule has 0 radical (unpaired) electrons. The number of ether oxygens (including phenoxy) is 6. The molecule has 4 aromatic carbocycles. The Morgan fingerprint density at radius 1 is 0.483 bits per heavy atom. The molecule has 0 spiro atoms. The second kappa shape index (κ2) is 21.4. The summed E-state index contributed by atoms with van der Waals surface area (Å²) < 4.78 is 30.9. The topological polar surface area (TPSA) is 148 Å². The minimum absolute atomic E-state index is 0.0159. The lowest BCUT2D eigenvalue weighted by Gasteiger charge is -2.32. The van der Waals surface area contributed by atoms with Crippen LogP contribution in [0.25, 0.3) is 0 Å². The number of hydrogen-bond acceptors (Lipinski definition) is 12. The number of hydrogen-bond donors (Lipinski definition) is 2. The molecule has 2 aliphatic rings. The number of amides is 2. The van der Waals surface area contributed by atoms with Crippen LogP contribution < -0.4 is 29.6 Å². The fourth-order valence-corrected chi connectivity index (χ4v) is 9.43. The van der Waals surface area contributed by atoms with E-state index < -0.39 is 11.9 Å². The average Bonchev–Trinajstić information content (AvgIpc) is 3.28. The van der Waals surface area contributed by atoms with Crippen LogP contribution in [0.3, 0.4) is 0 Å². The Morgan fingerprint density at radius 2 is 0.828 bits per heavy atom. The molecule has 0 aromatic heterocycles. The highest BCUT2D eigenvalue weighted by atomic mass is 32.2. The van der Waals surface area contributed by atoms with Crippen molar-refractivity contribution in [3.05, 3.63) is 118 Å². The van der Waals surface area contributed by atoms with Crippen LogP contribution in [0.15, 0.2) is 84.9 Å². The molecular weight excluding hydrogens is 781 g/mol. The van der Waals surface area contributed by atoms with E-state index in [1.54, 1.807) is 77.0 Å². The highest BCUT2D eigenvalue weighted by molar-refractivity contribution is 7.99. The summed E-state index contributed by atoms with van der Waals surface area (Å²) in [5.41, 5.74) is 4.09. The molecule has 12 nitrogen and oxygen atoms in total. The number of methoxy groups -OCH3 is 6. The lowest BCUT2D eigenvalue weighted by atomic mass is 9.90. The summed E-state index contributed by atoms with van der Waals surface area (Å²) in [6.45, 7) is 0. The minimum Gasteiger partial charge on any atom is -0.493 e. The van der Waals surface area contributed by atoms with Gasteiger partial charge in [-0.05, 0) is 108 Å². The molecule has 4 aromatic rings. The van der Waals surface area contributed by atoms with Crippen LogP contribution in [0.2, 0.25) is 0 Å². The van der Waals surface area contributed by atoms with Crippen LogP contribution in [0, 0.1) is 0 Å². The Hall–Kier alpha value is -5.34. The zero-order valence-corrected chi connectivity index (χ0v) is 35.2. The van der Waals surface area contributed by atoms with E-state index in [1.165, 1.54) is 14.2 Å². The van der Waals surface area contributed by atoms with Gasteiger partial charge in [-0.25, -0.2) is 9.59 Å². The number of nitrogens with one attached hydrogen (secondary N) is 2. The second-order valence-electron chi connectivity index (χ2n) is 13.5. The molecule has 2 fully saturated rings. The van der Waals surface area contributed by atoms with E-state index in [9.17, 15) is 19.2 Å². The fraction of sp³-hybridized carbons (Fsp3) is 0.364. The summed E-state index contributed by atoms with van der Waals surface area (Å²) in [5, 5.41) is 6.34. The van der Waals surface area contributed by atoms with Crippen LogP contribution in [0.4, 0.5) is 0 Å². The first-order valence-electron chi connectivity index (χ1n) is 18.7. The average molecular weight is 831 g/mol. The minimum atomic E-state index is -0.421. The van der Waals surface area contributed by atoms with Crippen molar-refractivity contribution < 1.29 is 47.6 Å². The molecule has 0 bridgehead atoms. The van der Waals surface area contributed by atoms with Gasteiger partial charge in [0.2, 0.25) is 0 Å². The quantitative estimate of drug-likeness (QED) is 0.142. The highest BCUT2D eigenvalue weighted by Crippen LogP contribution is 2.38. The summed E-state index contributed by atoms with van der Waals surface area (Å²) in [6.07, 6.45) is 1.77. The molecular formula is C44H50N2O10S2. The van der Waals surface area contributed by atoms with Crippen LogP contribution in [0.1, 0.15) is 77.2 Å². The molecule has 2 saturated heterocycles. The van der Waals surface area contributed by atoms with Crippen molar-refractivity contribution in [1.82, 2.24) is 10.6 Å². The van der Waals surface area contributed by atoms with Crippen LogP contribution in [-0.4, -0.2) is 102 Å². The fourth-order valence-electron chi connectivity index (χ4n) is 6.90. The summed E-state index contributed by atoms with van der Waals surface area (Å²) in [4.78, 5) is 48.7. The maximum atomic E-state index is 12.8. The Bertz CT molecular complexity index is 1880.